The summed E-state index contributed by atoms with van der Waals surface area (Å²) in [6.07, 6.45) is -1.35. The van der Waals surface area contributed by atoms with Crippen LogP contribution in [0, 0.1) is 0 Å². The second kappa shape index (κ2) is 5.01. The van der Waals surface area contributed by atoms with Crippen molar-refractivity contribution in [3.8, 4) is 0 Å². The van der Waals surface area contributed by atoms with Crippen LogP contribution in [0.3, 0.4) is 0 Å². The van der Waals surface area contributed by atoms with Crippen LogP contribution < -0.4 is 0 Å². The predicted octanol–water partition coefficient (Wildman–Crippen LogP) is 0.282. The highest BCUT2D eigenvalue weighted by atomic mass is 16.7. The van der Waals surface area contributed by atoms with Gasteiger partial charge in [-0.05, 0) is 5.82 Å². The van der Waals surface area contributed by atoms with E-state index in [9.17, 15) is 5.11 Å². The smallest absolute Gasteiger partial charge is 0.184 e. The van der Waals surface area contributed by atoms with Crippen molar-refractivity contribution in [1.29, 1.82) is 0 Å². The molecule has 4 unspecified atom stereocenters. The average Bonchev–Trinajstić information content (AvgIpc) is 2.44. The zero-order valence-electron chi connectivity index (χ0n) is 10.4. The molecular formula is C13H17BO4. The molecule has 0 saturated carbocycles. The van der Waals surface area contributed by atoms with Gasteiger partial charge in [0.25, 0.3) is 0 Å². The molecule has 2 aliphatic heterocycles. The van der Waals surface area contributed by atoms with Crippen LogP contribution in [0.2, 0.25) is 5.82 Å². The van der Waals surface area contributed by atoms with E-state index in [-0.39, 0.29) is 18.0 Å². The van der Waals surface area contributed by atoms with E-state index in [2.05, 4.69) is 0 Å². The van der Waals surface area contributed by atoms with Crippen molar-refractivity contribution in [3.63, 3.8) is 0 Å². The van der Waals surface area contributed by atoms with Gasteiger partial charge in [-0.3, -0.25) is 0 Å². The summed E-state index contributed by atoms with van der Waals surface area (Å²) < 4.78 is 17.2. The first-order valence-corrected chi connectivity index (χ1v) is 6.37. The fraction of sp³-hybridized carbons (Fsp3) is 0.538. The third kappa shape index (κ3) is 2.19. The zero-order chi connectivity index (χ0) is 12.5. The SMILES string of the molecule is BC1COC2COC(c3ccccc3)O[C@@H]2C1O. The lowest BCUT2D eigenvalue weighted by atomic mass is 9.78. The van der Waals surface area contributed by atoms with Crippen LogP contribution in [-0.4, -0.2) is 44.5 Å². The Kier molecular flexibility index (Phi) is 3.39. The minimum absolute atomic E-state index is 0.0979. The first-order chi connectivity index (χ1) is 8.75. The molecule has 5 heteroatoms. The monoisotopic (exact) mass is 248 g/mol. The topological polar surface area (TPSA) is 47.9 Å². The molecule has 0 radical (unpaired) electrons. The van der Waals surface area contributed by atoms with Crippen molar-refractivity contribution in [2.45, 2.75) is 30.4 Å². The summed E-state index contributed by atoms with van der Waals surface area (Å²) in [7, 11) is 1.97. The van der Waals surface area contributed by atoms with Crippen LogP contribution in [0.4, 0.5) is 0 Å². The van der Waals surface area contributed by atoms with Crippen LogP contribution in [0.5, 0.6) is 0 Å². The van der Waals surface area contributed by atoms with E-state index in [0.717, 1.165) is 5.56 Å². The fourth-order valence-corrected chi connectivity index (χ4v) is 2.47. The summed E-state index contributed by atoms with van der Waals surface area (Å²) in [6.45, 7) is 1.03. The molecule has 4 nitrogen and oxygen atoms in total. The molecule has 2 heterocycles. The number of ether oxygens (including phenoxy) is 3. The highest BCUT2D eigenvalue weighted by molar-refractivity contribution is 6.12. The highest BCUT2D eigenvalue weighted by Crippen LogP contribution is 2.34. The van der Waals surface area contributed by atoms with Crippen LogP contribution in [0.25, 0.3) is 0 Å². The number of fused-ring (bicyclic) bond motifs is 1. The maximum Gasteiger partial charge on any atom is 0.184 e. The Balaban J connectivity index is 1.75. The number of hydrogen-bond acceptors (Lipinski definition) is 4. The van der Waals surface area contributed by atoms with Gasteiger partial charge in [-0.1, -0.05) is 30.3 Å². The van der Waals surface area contributed by atoms with E-state index in [1.165, 1.54) is 0 Å². The van der Waals surface area contributed by atoms with Crippen molar-refractivity contribution in [3.05, 3.63) is 35.9 Å². The van der Waals surface area contributed by atoms with Gasteiger partial charge >= 0.3 is 0 Å². The fourth-order valence-electron chi connectivity index (χ4n) is 2.47. The Morgan fingerprint density at radius 3 is 2.67 bits per heavy atom. The Morgan fingerprint density at radius 1 is 1.11 bits per heavy atom. The number of rotatable bonds is 1. The number of aliphatic hydroxyl groups excluding tert-OH is 1. The summed E-state index contributed by atoms with van der Waals surface area (Å²) in [4.78, 5) is 0. The lowest BCUT2D eigenvalue weighted by Crippen LogP contribution is -2.54. The van der Waals surface area contributed by atoms with Crippen molar-refractivity contribution in [2.24, 2.45) is 0 Å². The van der Waals surface area contributed by atoms with Gasteiger partial charge in [0.15, 0.2) is 6.29 Å². The van der Waals surface area contributed by atoms with Crippen molar-refractivity contribution >= 4 is 7.85 Å². The Morgan fingerprint density at radius 2 is 1.89 bits per heavy atom. The summed E-state index contributed by atoms with van der Waals surface area (Å²) >= 11 is 0. The molecule has 2 saturated heterocycles. The van der Waals surface area contributed by atoms with Gasteiger partial charge in [-0.2, -0.15) is 0 Å². The average molecular weight is 248 g/mol. The van der Waals surface area contributed by atoms with Crippen LogP contribution in [0.1, 0.15) is 11.9 Å². The van der Waals surface area contributed by atoms with Crippen molar-refractivity contribution in [2.75, 3.05) is 13.2 Å². The van der Waals surface area contributed by atoms with E-state index in [0.29, 0.717) is 13.2 Å². The lowest BCUT2D eigenvalue weighted by Gasteiger charge is -2.44. The molecule has 18 heavy (non-hydrogen) atoms. The van der Waals surface area contributed by atoms with Gasteiger partial charge in [0.2, 0.25) is 0 Å². The molecule has 2 fully saturated rings. The van der Waals surface area contributed by atoms with Gasteiger partial charge in [-0.15, -0.1) is 0 Å². The minimum atomic E-state index is -0.487. The van der Waals surface area contributed by atoms with Gasteiger partial charge in [0, 0.05) is 12.2 Å². The second-order valence-corrected chi connectivity index (χ2v) is 5.02. The number of aliphatic hydroxyl groups is 1. The van der Waals surface area contributed by atoms with Gasteiger partial charge in [0.05, 0.1) is 12.7 Å². The van der Waals surface area contributed by atoms with Crippen LogP contribution >= 0.6 is 0 Å². The molecule has 1 aromatic carbocycles. The molecule has 0 aromatic heterocycles. The Labute approximate surface area is 107 Å². The van der Waals surface area contributed by atoms with Gasteiger partial charge in [0.1, 0.15) is 20.1 Å². The molecule has 0 spiro atoms. The minimum Gasteiger partial charge on any atom is -0.391 e. The molecular weight excluding hydrogens is 231 g/mol. The summed E-state index contributed by atoms with van der Waals surface area (Å²) in [6, 6.07) is 9.78. The predicted molar refractivity (Wildman–Crippen MR) is 68.0 cm³/mol. The molecule has 96 valence electrons. The van der Waals surface area contributed by atoms with Gasteiger partial charge in [-0.25, -0.2) is 0 Å². The maximum atomic E-state index is 10.2. The van der Waals surface area contributed by atoms with E-state index in [1.807, 2.05) is 38.2 Å². The second-order valence-electron chi connectivity index (χ2n) is 5.02. The molecule has 0 amide bonds. The zero-order valence-corrected chi connectivity index (χ0v) is 10.4. The molecule has 1 aromatic rings. The highest BCUT2D eigenvalue weighted by Gasteiger charge is 2.43. The van der Waals surface area contributed by atoms with Gasteiger partial charge < -0.3 is 19.3 Å². The van der Waals surface area contributed by atoms with E-state index in [4.69, 9.17) is 14.2 Å². The molecule has 3 rings (SSSR count). The normalized spacial score (nSPS) is 40.2. The van der Waals surface area contributed by atoms with Crippen molar-refractivity contribution in [1.82, 2.24) is 0 Å². The van der Waals surface area contributed by atoms with Crippen molar-refractivity contribution < 1.29 is 19.3 Å². The lowest BCUT2D eigenvalue weighted by molar-refractivity contribution is -0.298. The molecule has 0 bridgehead atoms. The standard InChI is InChI=1S/C13H17BO4/c14-9-6-16-10-7-17-13(18-12(10)11(9)15)8-4-2-1-3-5-8/h1-5,9-13,15H,6-7,14H2/t9?,10?,11?,12-,13?/m0/s1. The Hall–Kier alpha value is -0.875. The van der Waals surface area contributed by atoms with E-state index in [1.54, 1.807) is 0 Å². The summed E-state index contributed by atoms with van der Waals surface area (Å²) in [5.74, 6) is 0.0979. The molecule has 0 aliphatic carbocycles. The summed E-state index contributed by atoms with van der Waals surface area (Å²) in [5.41, 5.74) is 0.973. The molecule has 5 atom stereocenters. The molecule has 1 N–H and O–H groups in total. The third-order valence-electron chi connectivity index (χ3n) is 3.62. The van der Waals surface area contributed by atoms with E-state index < -0.39 is 12.4 Å². The Bertz CT molecular complexity index is 397. The summed E-state index contributed by atoms with van der Waals surface area (Å²) in [5, 5.41) is 10.2. The first-order valence-electron chi connectivity index (χ1n) is 6.37. The maximum absolute atomic E-state index is 10.2. The number of benzene rings is 1. The largest absolute Gasteiger partial charge is 0.391 e. The first kappa shape index (κ1) is 12.2. The van der Waals surface area contributed by atoms with Crippen LogP contribution in [0.15, 0.2) is 30.3 Å². The third-order valence-corrected chi connectivity index (χ3v) is 3.62. The molecule has 2 aliphatic rings. The quantitative estimate of drug-likeness (QED) is 0.725. The number of hydrogen-bond donors (Lipinski definition) is 1. The van der Waals surface area contributed by atoms with E-state index >= 15 is 0 Å². The van der Waals surface area contributed by atoms with Crippen LogP contribution in [-0.2, 0) is 14.2 Å².